The van der Waals surface area contributed by atoms with Crippen LogP contribution in [0.4, 0.5) is 0 Å². The van der Waals surface area contributed by atoms with E-state index in [2.05, 4.69) is 0 Å². The zero-order chi connectivity index (χ0) is 11.6. The van der Waals surface area contributed by atoms with Crippen molar-refractivity contribution in [2.24, 2.45) is 5.41 Å². The zero-order valence-electron chi connectivity index (χ0n) is 9.59. The number of ketones is 1. The van der Waals surface area contributed by atoms with Gasteiger partial charge in [-0.3, -0.25) is 4.79 Å². The molecule has 1 aromatic carbocycles. The van der Waals surface area contributed by atoms with Crippen LogP contribution in [0.1, 0.15) is 42.3 Å². The lowest BCUT2D eigenvalue weighted by Gasteiger charge is -2.18. The minimum absolute atomic E-state index is 0.0806. The largest absolute Gasteiger partial charge is 0.294 e. The van der Waals surface area contributed by atoms with Gasteiger partial charge in [0, 0.05) is 11.0 Å². The molecular weight excluding hydrogens is 186 g/mol. The summed E-state index contributed by atoms with van der Waals surface area (Å²) < 4.78 is 0. The van der Waals surface area contributed by atoms with E-state index in [-0.39, 0.29) is 5.78 Å². The fraction of sp³-hybridized carbons (Fsp3) is 0.385. The SMILES string of the molecule is Cc1ccc(C#N)cc1C(=O)C(C)(C)C. The minimum atomic E-state index is -0.404. The number of carbonyl (C=O) groups excluding carboxylic acids is 1. The molecule has 2 heteroatoms. The van der Waals surface area contributed by atoms with Gasteiger partial charge < -0.3 is 0 Å². The van der Waals surface area contributed by atoms with Crippen molar-refractivity contribution in [2.75, 3.05) is 0 Å². The summed E-state index contributed by atoms with van der Waals surface area (Å²) in [7, 11) is 0. The van der Waals surface area contributed by atoms with Gasteiger partial charge in [0.05, 0.1) is 11.6 Å². The van der Waals surface area contributed by atoms with Gasteiger partial charge in [0.2, 0.25) is 0 Å². The lowest BCUT2D eigenvalue weighted by molar-refractivity contribution is 0.0857. The van der Waals surface area contributed by atoms with Crippen molar-refractivity contribution in [3.8, 4) is 6.07 Å². The summed E-state index contributed by atoms with van der Waals surface area (Å²) in [5.74, 6) is 0.0806. The molecule has 1 rings (SSSR count). The number of carbonyl (C=O) groups is 1. The molecule has 0 saturated carbocycles. The first-order valence-corrected chi connectivity index (χ1v) is 4.92. The second-order valence-electron chi connectivity index (χ2n) is 4.72. The number of Topliss-reactive ketones (excluding diaryl/α,β-unsaturated/α-hetero) is 1. The van der Waals surface area contributed by atoms with Crippen LogP contribution in [-0.4, -0.2) is 5.78 Å². The normalized spacial score (nSPS) is 10.9. The monoisotopic (exact) mass is 201 g/mol. The van der Waals surface area contributed by atoms with Gasteiger partial charge in [-0.25, -0.2) is 0 Å². The summed E-state index contributed by atoms with van der Waals surface area (Å²) in [5.41, 5.74) is 1.71. The van der Waals surface area contributed by atoms with E-state index in [1.807, 2.05) is 39.8 Å². The zero-order valence-corrected chi connectivity index (χ0v) is 9.59. The first-order chi connectivity index (χ1) is 6.86. The van der Waals surface area contributed by atoms with Gasteiger partial charge in [-0.2, -0.15) is 5.26 Å². The van der Waals surface area contributed by atoms with Crippen LogP contribution in [0.5, 0.6) is 0 Å². The Hall–Kier alpha value is -1.62. The molecule has 0 aliphatic carbocycles. The molecule has 0 aliphatic rings. The predicted molar refractivity (Wildman–Crippen MR) is 59.7 cm³/mol. The molecule has 0 saturated heterocycles. The minimum Gasteiger partial charge on any atom is -0.294 e. The molecule has 0 aromatic heterocycles. The number of benzene rings is 1. The fourth-order valence-electron chi connectivity index (χ4n) is 1.34. The van der Waals surface area contributed by atoms with Gasteiger partial charge in [0.25, 0.3) is 0 Å². The molecule has 15 heavy (non-hydrogen) atoms. The van der Waals surface area contributed by atoms with Crippen molar-refractivity contribution in [3.63, 3.8) is 0 Å². The predicted octanol–water partition coefficient (Wildman–Crippen LogP) is 3.10. The standard InChI is InChI=1S/C13H15NO/c1-9-5-6-10(8-14)7-11(9)12(15)13(2,3)4/h5-7H,1-4H3. The number of hydrogen-bond acceptors (Lipinski definition) is 2. The van der Waals surface area contributed by atoms with E-state index in [4.69, 9.17) is 5.26 Å². The maximum atomic E-state index is 12.0. The summed E-state index contributed by atoms with van der Waals surface area (Å²) >= 11 is 0. The van der Waals surface area contributed by atoms with E-state index in [1.54, 1.807) is 12.1 Å². The highest BCUT2D eigenvalue weighted by Gasteiger charge is 2.24. The second-order valence-corrected chi connectivity index (χ2v) is 4.72. The van der Waals surface area contributed by atoms with Gasteiger partial charge in [0.15, 0.2) is 5.78 Å². The third-order valence-corrected chi connectivity index (χ3v) is 2.29. The average Bonchev–Trinajstić information content (AvgIpc) is 2.16. The quantitative estimate of drug-likeness (QED) is 0.655. The van der Waals surface area contributed by atoms with Crippen LogP contribution in [0.25, 0.3) is 0 Å². The van der Waals surface area contributed by atoms with Crippen molar-refractivity contribution < 1.29 is 4.79 Å². The van der Waals surface area contributed by atoms with Gasteiger partial charge in [0.1, 0.15) is 0 Å². The Balaban J connectivity index is 3.26. The van der Waals surface area contributed by atoms with Crippen LogP contribution in [0, 0.1) is 23.7 Å². The second kappa shape index (κ2) is 3.86. The smallest absolute Gasteiger partial charge is 0.168 e. The molecule has 0 spiro atoms. The summed E-state index contributed by atoms with van der Waals surface area (Å²) in [6.45, 7) is 7.54. The number of nitriles is 1. The highest BCUT2D eigenvalue weighted by Crippen LogP contribution is 2.23. The third-order valence-electron chi connectivity index (χ3n) is 2.29. The first kappa shape index (κ1) is 11.5. The summed E-state index contributed by atoms with van der Waals surface area (Å²) in [6.07, 6.45) is 0. The van der Waals surface area contributed by atoms with Crippen LogP contribution in [0.15, 0.2) is 18.2 Å². The third kappa shape index (κ3) is 2.44. The number of hydrogen-bond donors (Lipinski definition) is 0. The average molecular weight is 201 g/mol. The van der Waals surface area contributed by atoms with Crippen molar-refractivity contribution in [1.29, 1.82) is 5.26 Å². The lowest BCUT2D eigenvalue weighted by atomic mass is 9.84. The molecule has 1 aromatic rings. The maximum absolute atomic E-state index is 12.0. The molecule has 0 heterocycles. The lowest BCUT2D eigenvalue weighted by Crippen LogP contribution is -2.21. The van der Waals surface area contributed by atoms with Crippen molar-refractivity contribution in [2.45, 2.75) is 27.7 Å². The maximum Gasteiger partial charge on any atom is 0.168 e. The molecule has 0 atom stereocenters. The van der Waals surface area contributed by atoms with Gasteiger partial charge >= 0.3 is 0 Å². The van der Waals surface area contributed by atoms with Crippen molar-refractivity contribution >= 4 is 5.78 Å². The van der Waals surface area contributed by atoms with Crippen LogP contribution in [0.2, 0.25) is 0 Å². The van der Waals surface area contributed by atoms with Crippen molar-refractivity contribution in [3.05, 3.63) is 34.9 Å². The molecule has 0 N–H and O–H groups in total. The number of rotatable bonds is 1. The summed E-state index contributed by atoms with van der Waals surface area (Å²) in [4.78, 5) is 12.0. The van der Waals surface area contributed by atoms with Crippen LogP contribution >= 0.6 is 0 Å². The molecule has 78 valence electrons. The van der Waals surface area contributed by atoms with E-state index in [0.717, 1.165) is 5.56 Å². The Kier molecular flexibility index (Phi) is 2.95. The van der Waals surface area contributed by atoms with Crippen molar-refractivity contribution in [1.82, 2.24) is 0 Å². The van der Waals surface area contributed by atoms with Crippen LogP contribution < -0.4 is 0 Å². The Morgan fingerprint density at radius 1 is 1.33 bits per heavy atom. The number of aryl methyl sites for hydroxylation is 1. The Morgan fingerprint density at radius 2 is 1.93 bits per heavy atom. The molecule has 0 aliphatic heterocycles. The van der Waals surface area contributed by atoms with Crippen LogP contribution in [-0.2, 0) is 0 Å². The molecule has 0 fully saturated rings. The molecule has 2 nitrogen and oxygen atoms in total. The van der Waals surface area contributed by atoms with Crippen LogP contribution in [0.3, 0.4) is 0 Å². The van der Waals surface area contributed by atoms with Gasteiger partial charge in [-0.05, 0) is 24.6 Å². The van der Waals surface area contributed by atoms with E-state index >= 15 is 0 Å². The molecule has 0 unspecified atom stereocenters. The first-order valence-electron chi connectivity index (χ1n) is 4.92. The van der Waals surface area contributed by atoms with E-state index in [1.165, 1.54) is 0 Å². The Bertz CT molecular complexity index is 433. The summed E-state index contributed by atoms with van der Waals surface area (Å²) in [6, 6.07) is 7.27. The van der Waals surface area contributed by atoms with Gasteiger partial charge in [-0.15, -0.1) is 0 Å². The molecule has 0 amide bonds. The Morgan fingerprint density at radius 3 is 2.40 bits per heavy atom. The highest BCUT2D eigenvalue weighted by atomic mass is 16.1. The fourth-order valence-corrected chi connectivity index (χ4v) is 1.34. The summed E-state index contributed by atoms with van der Waals surface area (Å²) in [5, 5.41) is 8.78. The molecule has 0 bridgehead atoms. The van der Waals surface area contributed by atoms with E-state index in [0.29, 0.717) is 11.1 Å². The van der Waals surface area contributed by atoms with E-state index in [9.17, 15) is 4.79 Å². The topological polar surface area (TPSA) is 40.9 Å². The molecular formula is C13H15NO. The number of nitrogens with zero attached hydrogens (tertiary/aromatic N) is 1. The molecule has 0 radical (unpaired) electrons. The Labute approximate surface area is 90.5 Å². The highest BCUT2D eigenvalue weighted by molar-refractivity contribution is 6.01. The van der Waals surface area contributed by atoms with Gasteiger partial charge in [-0.1, -0.05) is 26.8 Å². The van der Waals surface area contributed by atoms with E-state index < -0.39 is 5.41 Å².